The highest BCUT2D eigenvalue weighted by Crippen LogP contribution is 2.31. The molecule has 0 aromatic carbocycles. The summed E-state index contributed by atoms with van der Waals surface area (Å²) in [5.74, 6) is -3.12. The SMILES string of the molecule is CC(F)(F)c1nc(-c2cncc(C#N)c2)ccc1N. The van der Waals surface area contributed by atoms with Gasteiger partial charge in [-0.25, -0.2) is 4.98 Å². The van der Waals surface area contributed by atoms with Gasteiger partial charge in [-0.15, -0.1) is 0 Å². The van der Waals surface area contributed by atoms with Gasteiger partial charge in [0, 0.05) is 24.9 Å². The Balaban J connectivity index is 2.55. The molecule has 2 aromatic heterocycles. The summed E-state index contributed by atoms with van der Waals surface area (Å²) >= 11 is 0. The van der Waals surface area contributed by atoms with E-state index in [-0.39, 0.29) is 5.69 Å². The highest BCUT2D eigenvalue weighted by molar-refractivity contribution is 5.63. The van der Waals surface area contributed by atoms with E-state index in [1.54, 1.807) is 0 Å². The van der Waals surface area contributed by atoms with Crippen LogP contribution in [0.1, 0.15) is 18.2 Å². The number of halogens is 2. The van der Waals surface area contributed by atoms with Crippen molar-refractivity contribution in [3.63, 3.8) is 0 Å². The second kappa shape index (κ2) is 4.61. The number of nitrogens with two attached hydrogens (primary N) is 1. The van der Waals surface area contributed by atoms with Crippen molar-refractivity contribution < 1.29 is 8.78 Å². The smallest absolute Gasteiger partial charge is 0.289 e. The molecule has 6 heteroatoms. The summed E-state index contributed by atoms with van der Waals surface area (Å²) in [5.41, 5.74) is 6.08. The molecule has 0 aliphatic rings. The Hall–Kier alpha value is -2.55. The minimum absolute atomic E-state index is 0.0688. The number of hydrogen-bond acceptors (Lipinski definition) is 4. The Labute approximate surface area is 108 Å². The first-order chi connectivity index (χ1) is 8.91. The summed E-state index contributed by atoms with van der Waals surface area (Å²) in [6.07, 6.45) is 2.84. The van der Waals surface area contributed by atoms with Gasteiger partial charge >= 0.3 is 0 Å². The maximum atomic E-state index is 13.3. The van der Waals surface area contributed by atoms with Crippen molar-refractivity contribution in [1.29, 1.82) is 5.26 Å². The normalized spacial score (nSPS) is 11.1. The molecule has 0 atom stereocenters. The number of alkyl halides is 2. The van der Waals surface area contributed by atoms with E-state index in [4.69, 9.17) is 11.0 Å². The Morgan fingerprint density at radius 3 is 2.68 bits per heavy atom. The molecule has 0 saturated heterocycles. The van der Waals surface area contributed by atoms with Crippen molar-refractivity contribution in [2.75, 3.05) is 5.73 Å². The van der Waals surface area contributed by atoms with Gasteiger partial charge in [0.25, 0.3) is 5.92 Å². The lowest BCUT2D eigenvalue weighted by molar-refractivity contribution is 0.0138. The molecular weight excluding hydrogens is 250 g/mol. The lowest BCUT2D eigenvalue weighted by Gasteiger charge is -2.13. The molecule has 2 rings (SSSR count). The van der Waals surface area contributed by atoms with Gasteiger partial charge < -0.3 is 5.73 Å². The van der Waals surface area contributed by atoms with Crippen LogP contribution in [0.3, 0.4) is 0 Å². The van der Waals surface area contributed by atoms with Gasteiger partial charge in [0.1, 0.15) is 11.8 Å². The quantitative estimate of drug-likeness (QED) is 0.900. The van der Waals surface area contributed by atoms with Crippen LogP contribution in [0.4, 0.5) is 14.5 Å². The summed E-state index contributed by atoms with van der Waals surface area (Å²) < 4.78 is 26.7. The zero-order valence-corrected chi connectivity index (χ0v) is 10.1. The fourth-order valence-electron chi connectivity index (χ4n) is 1.62. The molecule has 0 fully saturated rings. The van der Waals surface area contributed by atoms with E-state index in [1.165, 1.54) is 30.6 Å². The minimum Gasteiger partial charge on any atom is -0.397 e. The first-order valence-corrected chi connectivity index (χ1v) is 5.42. The van der Waals surface area contributed by atoms with Gasteiger partial charge in [-0.05, 0) is 18.2 Å². The van der Waals surface area contributed by atoms with Gasteiger partial charge in [0.2, 0.25) is 0 Å². The Morgan fingerprint density at radius 2 is 2.05 bits per heavy atom. The summed E-state index contributed by atoms with van der Waals surface area (Å²) in [6.45, 7) is 0.736. The predicted molar refractivity (Wildman–Crippen MR) is 66.2 cm³/mol. The van der Waals surface area contributed by atoms with Crippen molar-refractivity contribution in [1.82, 2.24) is 9.97 Å². The van der Waals surface area contributed by atoms with Crippen molar-refractivity contribution in [3.05, 3.63) is 41.9 Å². The van der Waals surface area contributed by atoms with Crippen LogP contribution < -0.4 is 5.73 Å². The summed E-state index contributed by atoms with van der Waals surface area (Å²) in [4.78, 5) is 7.73. The van der Waals surface area contributed by atoms with Crippen LogP contribution in [-0.2, 0) is 5.92 Å². The van der Waals surface area contributed by atoms with Gasteiger partial charge in [-0.2, -0.15) is 14.0 Å². The van der Waals surface area contributed by atoms with E-state index in [2.05, 4.69) is 9.97 Å². The topological polar surface area (TPSA) is 75.6 Å². The summed E-state index contributed by atoms with van der Waals surface area (Å²) in [5, 5.41) is 8.79. The Kier molecular flexibility index (Phi) is 3.13. The summed E-state index contributed by atoms with van der Waals surface area (Å²) in [6, 6.07) is 6.35. The molecule has 2 N–H and O–H groups in total. The van der Waals surface area contributed by atoms with Crippen molar-refractivity contribution in [3.8, 4) is 17.3 Å². The standard InChI is InChI=1S/C13H10F2N4/c1-13(14,15)12-10(17)2-3-11(19-12)9-4-8(5-16)6-18-7-9/h2-4,6-7H,17H2,1H3. The lowest BCUT2D eigenvalue weighted by Crippen LogP contribution is -2.13. The van der Waals surface area contributed by atoms with Crippen LogP contribution in [0, 0.1) is 11.3 Å². The third-order valence-corrected chi connectivity index (χ3v) is 2.51. The Bertz CT molecular complexity index is 656. The van der Waals surface area contributed by atoms with Crippen LogP contribution in [-0.4, -0.2) is 9.97 Å². The third kappa shape index (κ3) is 2.65. The number of aromatic nitrogens is 2. The molecule has 19 heavy (non-hydrogen) atoms. The molecule has 0 radical (unpaired) electrons. The van der Waals surface area contributed by atoms with Crippen LogP contribution in [0.25, 0.3) is 11.3 Å². The molecule has 0 amide bonds. The molecule has 0 unspecified atom stereocenters. The van der Waals surface area contributed by atoms with Gasteiger partial charge in [0.05, 0.1) is 16.9 Å². The molecule has 0 saturated carbocycles. The van der Waals surface area contributed by atoms with E-state index in [0.29, 0.717) is 16.8 Å². The molecule has 0 bridgehead atoms. The number of nitriles is 1. The van der Waals surface area contributed by atoms with E-state index in [9.17, 15) is 8.78 Å². The lowest BCUT2D eigenvalue weighted by atomic mass is 10.1. The predicted octanol–water partition coefficient (Wildman–Crippen LogP) is 2.71. The molecule has 2 aromatic rings. The van der Waals surface area contributed by atoms with Crippen LogP contribution in [0.5, 0.6) is 0 Å². The molecule has 4 nitrogen and oxygen atoms in total. The first kappa shape index (κ1) is 12.9. The van der Waals surface area contributed by atoms with Crippen LogP contribution in [0.2, 0.25) is 0 Å². The number of rotatable bonds is 2. The Morgan fingerprint density at radius 1 is 1.32 bits per heavy atom. The molecule has 2 heterocycles. The maximum Gasteiger partial charge on any atom is 0.289 e. The average molecular weight is 260 g/mol. The average Bonchev–Trinajstić information content (AvgIpc) is 2.38. The highest BCUT2D eigenvalue weighted by Gasteiger charge is 2.29. The molecule has 0 spiro atoms. The number of nitrogens with zero attached hydrogens (tertiary/aromatic N) is 3. The number of hydrogen-bond donors (Lipinski definition) is 1. The second-order valence-electron chi connectivity index (χ2n) is 4.10. The van der Waals surface area contributed by atoms with Crippen molar-refractivity contribution >= 4 is 5.69 Å². The highest BCUT2D eigenvalue weighted by atomic mass is 19.3. The van der Waals surface area contributed by atoms with Gasteiger partial charge in [0.15, 0.2) is 0 Å². The first-order valence-electron chi connectivity index (χ1n) is 5.42. The number of pyridine rings is 2. The molecule has 0 aliphatic heterocycles. The fraction of sp³-hybridized carbons (Fsp3) is 0.154. The third-order valence-electron chi connectivity index (χ3n) is 2.51. The summed E-state index contributed by atoms with van der Waals surface area (Å²) in [7, 11) is 0. The zero-order valence-electron chi connectivity index (χ0n) is 10.1. The fourth-order valence-corrected chi connectivity index (χ4v) is 1.62. The van der Waals surface area contributed by atoms with E-state index < -0.39 is 11.6 Å². The second-order valence-corrected chi connectivity index (χ2v) is 4.10. The van der Waals surface area contributed by atoms with Crippen LogP contribution in [0.15, 0.2) is 30.6 Å². The zero-order chi connectivity index (χ0) is 14.0. The van der Waals surface area contributed by atoms with Crippen molar-refractivity contribution in [2.45, 2.75) is 12.8 Å². The van der Waals surface area contributed by atoms with E-state index in [1.807, 2.05) is 6.07 Å². The molecule has 0 aliphatic carbocycles. The van der Waals surface area contributed by atoms with Gasteiger partial charge in [-0.1, -0.05) is 0 Å². The maximum absolute atomic E-state index is 13.3. The largest absolute Gasteiger partial charge is 0.397 e. The number of anilines is 1. The number of nitrogen functional groups attached to an aromatic ring is 1. The molecular formula is C13H10F2N4. The van der Waals surface area contributed by atoms with Crippen molar-refractivity contribution in [2.24, 2.45) is 0 Å². The van der Waals surface area contributed by atoms with E-state index in [0.717, 1.165) is 6.92 Å². The van der Waals surface area contributed by atoms with Crippen LogP contribution >= 0.6 is 0 Å². The minimum atomic E-state index is -3.12. The molecule has 96 valence electrons. The van der Waals surface area contributed by atoms with E-state index >= 15 is 0 Å². The monoisotopic (exact) mass is 260 g/mol. The van der Waals surface area contributed by atoms with Gasteiger partial charge in [-0.3, -0.25) is 4.98 Å².